The number of amides is 1. The van der Waals surface area contributed by atoms with E-state index in [1.165, 1.54) is 5.56 Å². The first-order valence-corrected chi connectivity index (χ1v) is 9.40. The summed E-state index contributed by atoms with van der Waals surface area (Å²) in [6.07, 6.45) is 0.912. The minimum absolute atomic E-state index is 0.0549. The van der Waals surface area contributed by atoms with Crippen LogP contribution in [-0.2, 0) is 24.8 Å². The van der Waals surface area contributed by atoms with Crippen molar-refractivity contribution in [1.82, 2.24) is 20.4 Å². The number of hydrogen-bond donors (Lipinski definition) is 2. The molecule has 2 N–H and O–H groups in total. The third-order valence-electron chi connectivity index (χ3n) is 4.99. The Morgan fingerprint density at radius 1 is 1.26 bits per heavy atom. The van der Waals surface area contributed by atoms with Gasteiger partial charge < -0.3 is 15.5 Å². The van der Waals surface area contributed by atoms with Gasteiger partial charge in [-0.1, -0.05) is 18.2 Å². The second-order valence-corrected chi connectivity index (χ2v) is 6.75. The van der Waals surface area contributed by atoms with Crippen LogP contribution >= 0.6 is 0 Å². The Hall–Kier alpha value is -2.83. The van der Waals surface area contributed by atoms with E-state index in [0.717, 1.165) is 42.1 Å². The van der Waals surface area contributed by atoms with Gasteiger partial charge >= 0.3 is 0 Å². The SMILES string of the molecule is CCNC(=NCc1c(C)nn(C)c1C)NCC(=O)N1CCc2ccccc21. The van der Waals surface area contributed by atoms with Gasteiger partial charge in [0.05, 0.1) is 18.8 Å². The van der Waals surface area contributed by atoms with E-state index in [1.807, 2.05) is 55.6 Å². The van der Waals surface area contributed by atoms with Gasteiger partial charge in [0, 0.05) is 37.1 Å². The fraction of sp³-hybridized carbons (Fsp3) is 0.450. The molecule has 2 heterocycles. The summed E-state index contributed by atoms with van der Waals surface area (Å²) in [5.41, 5.74) is 5.47. The van der Waals surface area contributed by atoms with Crippen molar-refractivity contribution in [2.75, 3.05) is 24.5 Å². The summed E-state index contributed by atoms with van der Waals surface area (Å²) in [5, 5.41) is 10.8. The average Bonchev–Trinajstić information content (AvgIpc) is 3.19. The molecule has 0 aliphatic carbocycles. The molecule has 1 aromatic heterocycles. The zero-order valence-corrected chi connectivity index (χ0v) is 16.5. The molecule has 0 fully saturated rings. The van der Waals surface area contributed by atoms with Gasteiger partial charge in [0.15, 0.2) is 5.96 Å². The number of aryl methyl sites for hydroxylation is 2. The number of guanidine groups is 1. The van der Waals surface area contributed by atoms with Crippen LogP contribution in [0.1, 0.15) is 29.4 Å². The minimum atomic E-state index is 0.0549. The first-order chi connectivity index (χ1) is 13.0. The van der Waals surface area contributed by atoms with Crippen molar-refractivity contribution in [2.45, 2.75) is 33.7 Å². The van der Waals surface area contributed by atoms with Gasteiger partial charge in [-0.3, -0.25) is 9.48 Å². The molecule has 0 bridgehead atoms. The molecule has 1 aliphatic rings. The fourth-order valence-corrected chi connectivity index (χ4v) is 3.40. The Labute approximate surface area is 160 Å². The molecule has 0 saturated heterocycles. The predicted octanol–water partition coefficient (Wildman–Crippen LogP) is 1.68. The molecule has 7 nitrogen and oxygen atoms in total. The first kappa shape index (κ1) is 18.9. The lowest BCUT2D eigenvalue weighted by Crippen LogP contribution is -2.44. The molecule has 0 atom stereocenters. The van der Waals surface area contributed by atoms with Crippen LogP contribution < -0.4 is 15.5 Å². The van der Waals surface area contributed by atoms with Gasteiger partial charge in [0.1, 0.15) is 0 Å². The Balaban J connectivity index is 1.64. The fourth-order valence-electron chi connectivity index (χ4n) is 3.40. The highest BCUT2D eigenvalue weighted by Crippen LogP contribution is 2.27. The predicted molar refractivity (Wildman–Crippen MR) is 108 cm³/mol. The maximum absolute atomic E-state index is 12.7. The maximum Gasteiger partial charge on any atom is 0.246 e. The van der Waals surface area contributed by atoms with Crippen molar-refractivity contribution >= 4 is 17.6 Å². The van der Waals surface area contributed by atoms with Crippen LogP contribution in [0.3, 0.4) is 0 Å². The van der Waals surface area contributed by atoms with E-state index in [9.17, 15) is 4.79 Å². The number of rotatable bonds is 5. The molecular formula is C20H28N6O. The van der Waals surface area contributed by atoms with Crippen LogP contribution in [0.15, 0.2) is 29.3 Å². The van der Waals surface area contributed by atoms with Gasteiger partial charge in [-0.25, -0.2) is 4.99 Å². The standard InChI is InChI=1S/C20H28N6O/c1-5-21-20(22-12-17-14(2)24-25(4)15(17)3)23-13-19(27)26-11-10-16-8-6-7-9-18(16)26/h6-9H,5,10-13H2,1-4H3,(H2,21,22,23). The van der Waals surface area contributed by atoms with Gasteiger partial charge in [-0.05, 0) is 38.8 Å². The second kappa shape index (κ2) is 8.24. The third kappa shape index (κ3) is 4.13. The van der Waals surface area contributed by atoms with E-state index in [0.29, 0.717) is 12.5 Å². The van der Waals surface area contributed by atoms with Crippen LogP contribution in [0.4, 0.5) is 5.69 Å². The first-order valence-electron chi connectivity index (χ1n) is 9.40. The number of hydrogen-bond acceptors (Lipinski definition) is 3. The molecule has 2 aromatic rings. The highest BCUT2D eigenvalue weighted by molar-refractivity contribution is 5.98. The van der Waals surface area contributed by atoms with Gasteiger partial charge in [-0.15, -0.1) is 0 Å². The van der Waals surface area contributed by atoms with Crippen LogP contribution in [0.2, 0.25) is 0 Å². The lowest BCUT2D eigenvalue weighted by molar-refractivity contribution is -0.117. The lowest BCUT2D eigenvalue weighted by Gasteiger charge is -2.18. The lowest BCUT2D eigenvalue weighted by atomic mass is 10.2. The number of aliphatic imine (C=N–C) groups is 1. The molecular weight excluding hydrogens is 340 g/mol. The zero-order valence-electron chi connectivity index (χ0n) is 16.5. The Morgan fingerprint density at radius 2 is 2.04 bits per heavy atom. The van der Waals surface area contributed by atoms with Gasteiger partial charge in [0.2, 0.25) is 5.91 Å². The summed E-state index contributed by atoms with van der Waals surface area (Å²) < 4.78 is 1.87. The van der Waals surface area contributed by atoms with E-state index < -0.39 is 0 Å². The number of benzene rings is 1. The van der Waals surface area contributed by atoms with E-state index in [2.05, 4.69) is 26.8 Å². The molecule has 1 aromatic carbocycles. The second-order valence-electron chi connectivity index (χ2n) is 6.75. The molecule has 0 radical (unpaired) electrons. The van der Waals surface area contributed by atoms with Crippen molar-refractivity contribution in [2.24, 2.45) is 12.0 Å². The molecule has 144 valence electrons. The summed E-state index contributed by atoms with van der Waals surface area (Å²) in [7, 11) is 1.94. The number of aromatic nitrogens is 2. The van der Waals surface area contributed by atoms with Crippen molar-refractivity contribution < 1.29 is 4.79 Å². The minimum Gasteiger partial charge on any atom is -0.357 e. The van der Waals surface area contributed by atoms with Crippen LogP contribution in [0.25, 0.3) is 0 Å². The average molecular weight is 368 g/mol. The van der Waals surface area contributed by atoms with Crippen molar-refractivity contribution in [1.29, 1.82) is 0 Å². The van der Waals surface area contributed by atoms with Crippen molar-refractivity contribution in [3.63, 3.8) is 0 Å². The van der Waals surface area contributed by atoms with Crippen molar-refractivity contribution in [3.8, 4) is 0 Å². The summed E-state index contributed by atoms with van der Waals surface area (Å²) in [6.45, 7) is 8.26. The molecule has 1 aliphatic heterocycles. The Bertz CT molecular complexity index is 854. The number of carbonyl (C=O) groups excluding carboxylic acids is 1. The summed E-state index contributed by atoms with van der Waals surface area (Å²) in [6, 6.07) is 8.08. The van der Waals surface area contributed by atoms with E-state index in [4.69, 9.17) is 0 Å². The number of nitrogens with one attached hydrogen (secondary N) is 2. The van der Waals surface area contributed by atoms with Gasteiger partial charge in [0.25, 0.3) is 0 Å². The Kier molecular flexibility index (Phi) is 5.78. The monoisotopic (exact) mass is 368 g/mol. The number of carbonyl (C=O) groups is 1. The quantitative estimate of drug-likeness (QED) is 0.622. The molecule has 0 unspecified atom stereocenters. The molecule has 0 saturated carbocycles. The molecule has 1 amide bonds. The molecule has 3 rings (SSSR count). The number of anilines is 1. The van der Waals surface area contributed by atoms with Gasteiger partial charge in [-0.2, -0.15) is 5.10 Å². The molecule has 0 spiro atoms. The van der Waals surface area contributed by atoms with Crippen molar-refractivity contribution in [3.05, 3.63) is 46.8 Å². The normalized spacial score (nSPS) is 13.6. The van der Waals surface area contributed by atoms with E-state index in [-0.39, 0.29) is 12.5 Å². The van der Waals surface area contributed by atoms with Crippen LogP contribution in [0.5, 0.6) is 0 Å². The number of fused-ring (bicyclic) bond motifs is 1. The zero-order chi connectivity index (χ0) is 19.4. The third-order valence-corrected chi connectivity index (χ3v) is 4.99. The summed E-state index contributed by atoms with van der Waals surface area (Å²) in [5.74, 6) is 0.695. The molecule has 27 heavy (non-hydrogen) atoms. The number of para-hydroxylation sites is 1. The summed E-state index contributed by atoms with van der Waals surface area (Å²) >= 11 is 0. The highest BCUT2D eigenvalue weighted by atomic mass is 16.2. The highest BCUT2D eigenvalue weighted by Gasteiger charge is 2.23. The largest absolute Gasteiger partial charge is 0.357 e. The smallest absolute Gasteiger partial charge is 0.246 e. The Morgan fingerprint density at radius 3 is 2.74 bits per heavy atom. The van der Waals surface area contributed by atoms with Crippen LogP contribution in [0, 0.1) is 13.8 Å². The van der Waals surface area contributed by atoms with Crippen LogP contribution in [-0.4, -0.2) is 41.3 Å². The topological polar surface area (TPSA) is 74.5 Å². The maximum atomic E-state index is 12.7. The summed E-state index contributed by atoms with van der Waals surface area (Å²) in [4.78, 5) is 19.2. The number of nitrogens with zero attached hydrogens (tertiary/aromatic N) is 4. The van der Waals surface area contributed by atoms with E-state index >= 15 is 0 Å². The van der Waals surface area contributed by atoms with E-state index in [1.54, 1.807) is 0 Å². The molecule has 7 heteroatoms.